The molecule has 2 heteroatoms. The van der Waals surface area contributed by atoms with Crippen LogP contribution in [-0.2, 0) is 0 Å². The molecule has 2 aromatic carbocycles. The van der Waals surface area contributed by atoms with Crippen LogP contribution in [0.5, 0.6) is 0 Å². The second kappa shape index (κ2) is 7.70. The molecule has 2 rings (SSSR count). The van der Waals surface area contributed by atoms with Gasteiger partial charge in [-0.15, -0.1) is 11.8 Å². The van der Waals surface area contributed by atoms with E-state index in [0.29, 0.717) is 11.3 Å². The molecule has 0 aliphatic heterocycles. The van der Waals surface area contributed by atoms with Gasteiger partial charge in [-0.05, 0) is 35.7 Å². The largest absolute Gasteiger partial charge is 0.313 e. The summed E-state index contributed by atoms with van der Waals surface area (Å²) in [6.45, 7) is 7.88. The van der Waals surface area contributed by atoms with Crippen LogP contribution in [0.15, 0.2) is 47.4 Å². The first-order valence-electron chi connectivity index (χ1n) is 7.61. The molecule has 0 fully saturated rings. The van der Waals surface area contributed by atoms with Crippen molar-refractivity contribution in [1.82, 2.24) is 5.32 Å². The Bertz CT molecular complexity index is 534. The van der Waals surface area contributed by atoms with Crippen molar-refractivity contribution in [1.29, 1.82) is 0 Å². The molecule has 2 aromatic rings. The third-order valence-corrected chi connectivity index (χ3v) is 4.83. The second-order valence-corrected chi connectivity index (χ2v) is 6.87. The van der Waals surface area contributed by atoms with Gasteiger partial charge in [-0.2, -0.15) is 0 Å². The molecule has 1 atom stereocenters. The highest BCUT2D eigenvalue weighted by molar-refractivity contribution is 8.00. The minimum Gasteiger partial charge on any atom is -0.313 e. The fraction of sp³-hybridized carbons (Fsp3) is 0.444. The number of hydrogen-bond donors (Lipinski definition) is 1. The summed E-state index contributed by atoms with van der Waals surface area (Å²) < 4.78 is 0. The summed E-state index contributed by atoms with van der Waals surface area (Å²) in [6, 6.07) is 16.0. The molecule has 0 aliphatic carbocycles. The van der Waals surface area contributed by atoms with Crippen molar-refractivity contribution in [3.8, 4) is 0 Å². The molecular weight excluding hydrogens is 262 g/mol. The van der Waals surface area contributed by atoms with Gasteiger partial charge in [0.15, 0.2) is 0 Å². The van der Waals surface area contributed by atoms with Crippen LogP contribution in [0.25, 0.3) is 10.8 Å². The smallest absolute Gasteiger partial charge is 0.0191 e. The van der Waals surface area contributed by atoms with Gasteiger partial charge in [0.1, 0.15) is 0 Å². The Morgan fingerprint density at radius 2 is 1.70 bits per heavy atom. The van der Waals surface area contributed by atoms with Crippen LogP contribution in [0.3, 0.4) is 0 Å². The Morgan fingerprint density at radius 3 is 2.40 bits per heavy atom. The Labute approximate surface area is 127 Å². The minimum atomic E-state index is 0.594. The summed E-state index contributed by atoms with van der Waals surface area (Å²) in [5.41, 5.74) is 0. The number of rotatable bonds is 7. The molecule has 20 heavy (non-hydrogen) atoms. The van der Waals surface area contributed by atoms with Crippen molar-refractivity contribution in [3.05, 3.63) is 42.5 Å². The quantitative estimate of drug-likeness (QED) is 0.711. The predicted molar refractivity (Wildman–Crippen MR) is 91.6 cm³/mol. The Balaban J connectivity index is 1.93. The van der Waals surface area contributed by atoms with Gasteiger partial charge in [-0.1, -0.05) is 51.1 Å². The zero-order chi connectivity index (χ0) is 14.4. The van der Waals surface area contributed by atoms with Crippen LogP contribution < -0.4 is 5.32 Å². The average Bonchev–Trinajstić information content (AvgIpc) is 2.48. The van der Waals surface area contributed by atoms with Crippen molar-refractivity contribution >= 4 is 22.5 Å². The predicted octanol–water partition coefficient (Wildman–Crippen LogP) is 5.10. The zero-order valence-electron chi connectivity index (χ0n) is 12.7. The van der Waals surface area contributed by atoms with Gasteiger partial charge in [0, 0.05) is 22.7 Å². The average molecular weight is 287 g/mol. The number of fused-ring (bicyclic) bond motifs is 1. The van der Waals surface area contributed by atoms with Gasteiger partial charge < -0.3 is 5.32 Å². The maximum Gasteiger partial charge on any atom is 0.0191 e. The lowest BCUT2D eigenvalue weighted by Crippen LogP contribution is -2.32. The Hall–Kier alpha value is -0.990. The number of thioether (sulfide) groups is 1. The van der Waals surface area contributed by atoms with E-state index < -0.39 is 0 Å². The first-order chi connectivity index (χ1) is 9.72. The van der Waals surface area contributed by atoms with Crippen molar-refractivity contribution in [2.45, 2.75) is 49.8 Å². The van der Waals surface area contributed by atoms with Crippen LogP contribution >= 0.6 is 11.8 Å². The van der Waals surface area contributed by atoms with Crippen molar-refractivity contribution in [2.24, 2.45) is 0 Å². The van der Waals surface area contributed by atoms with E-state index in [1.807, 2.05) is 11.8 Å². The molecule has 0 amide bonds. The van der Waals surface area contributed by atoms with Gasteiger partial charge in [-0.25, -0.2) is 0 Å². The molecule has 0 spiro atoms. The van der Waals surface area contributed by atoms with Gasteiger partial charge in [0.25, 0.3) is 0 Å². The summed E-state index contributed by atoms with van der Waals surface area (Å²) in [7, 11) is 0. The monoisotopic (exact) mass is 287 g/mol. The summed E-state index contributed by atoms with van der Waals surface area (Å²) >= 11 is 1.96. The Kier molecular flexibility index (Phi) is 5.93. The van der Waals surface area contributed by atoms with Crippen LogP contribution in [0, 0.1) is 0 Å². The maximum atomic E-state index is 3.66. The molecule has 0 aliphatic rings. The Morgan fingerprint density at radius 1 is 1.00 bits per heavy atom. The molecule has 1 N–H and O–H groups in total. The van der Waals surface area contributed by atoms with Crippen molar-refractivity contribution in [2.75, 3.05) is 6.54 Å². The van der Waals surface area contributed by atoms with Crippen LogP contribution in [0.1, 0.15) is 33.6 Å². The molecule has 0 saturated heterocycles. The molecule has 0 aromatic heterocycles. The van der Waals surface area contributed by atoms with Crippen LogP contribution in [-0.4, -0.2) is 17.8 Å². The van der Waals surface area contributed by atoms with E-state index in [1.54, 1.807) is 0 Å². The molecule has 108 valence electrons. The van der Waals surface area contributed by atoms with E-state index in [2.05, 4.69) is 68.6 Å². The van der Waals surface area contributed by atoms with E-state index in [4.69, 9.17) is 0 Å². The van der Waals surface area contributed by atoms with E-state index >= 15 is 0 Å². The lowest BCUT2D eigenvalue weighted by molar-refractivity contribution is 0.488. The lowest BCUT2D eigenvalue weighted by atomic mass is 10.1. The van der Waals surface area contributed by atoms with E-state index in [1.165, 1.54) is 28.5 Å². The topological polar surface area (TPSA) is 12.0 Å². The molecule has 1 unspecified atom stereocenters. The fourth-order valence-electron chi connectivity index (χ4n) is 2.42. The summed E-state index contributed by atoms with van der Waals surface area (Å²) in [6.07, 6.45) is 2.42. The second-order valence-electron chi connectivity index (χ2n) is 5.36. The third-order valence-electron chi connectivity index (χ3n) is 3.74. The van der Waals surface area contributed by atoms with E-state index in [0.717, 1.165) is 6.54 Å². The molecule has 0 bridgehead atoms. The standard InChI is InChI=1S/C18H25NS/c1-4-17(5-2)19-13-14(3)20-18-11-10-15-8-6-7-9-16(15)12-18/h6-12,14,17,19H,4-5,13H2,1-3H3. The molecule has 0 radical (unpaired) electrons. The molecule has 0 saturated carbocycles. The highest BCUT2D eigenvalue weighted by Gasteiger charge is 2.08. The van der Waals surface area contributed by atoms with Crippen LogP contribution in [0.2, 0.25) is 0 Å². The van der Waals surface area contributed by atoms with Crippen molar-refractivity contribution < 1.29 is 0 Å². The van der Waals surface area contributed by atoms with E-state index in [-0.39, 0.29) is 0 Å². The SMILES string of the molecule is CCC(CC)NCC(C)Sc1ccc2ccccc2c1. The number of benzene rings is 2. The van der Waals surface area contributed by atoms with Crippen LogP contribution in [0.4, 0.5) is 0 Å². The first kappa shape index (κ1) is 15.4. The number of nitrogens with one attached hydrogen (secondary N) is 1. The zero-order valence-corrected chi connectivity index (χ0v) is 13.5. The fourth-order valence-corrected chi connectivity index (χ4v) is 3.41. The molecule has 0 heterocycles. The first-order valence-corrected chi connectivity index (χ1v) is 8.49. The van der Waals surface area contributed by atoms with Crippen molar-refractivity contribution in [3.63, 3.8) is 0 Å². The normalized spacial score (nSPS) is 13.0. The lowest BCUT2D eigenvalue weighted by Gasteiger charge is -2.18. The maximum absolute atomic E-state index is 3.66. The van der Waals surface area contributed by atoms with Gasteiger partial charge in [0.05, 0.1) is 0 Å². The molecule has 1 nitrogen and oxygen atoms in total. The summed E-state index contributed by atoms with van der Waals surface area (Å²) in [5, 5.41) is 6.90. The van der Waals surface area contributed by atoms with Gasteiger partial charge in [-0.3, -0.25) is 0 Å². The van der Waals surface area contributed by atoms with Gasteiger partial charge >= 0.3 is 0 Å². The highest BCUT2D eigenvalue weighted by atomic mass is 32.2. The third kappa shape index (κ3) is 4.26. The summed E-state index contributed by atoms with van der Waals surface area (Å²) in [4.78, 5) is 1.36. The summed E-state index contributed by atoms with van der Waals surface area (Å²) in [5.74, 6) is 0. The van der Waals surface area contributed by atoms with E-state index in [9.17, 15) is 0 Å². The molecular formula is C18H25NS. The number of hydrogen-bond acceptors (Lipinski definition) is 2. The minimum absolute atomic E-state index is 0.594. The van der Waals surface area contributed by atoms with Gasteiger partial charge in [0.2, 0.25) is 0 Å². The highest BCUT2D eigenvalue weighted by Crippen LogP contribution is 2.26.